The highest BCUT2D eigenvalue weighted by Gasteiger charge is 2.19. The van der Waals surface area contributed by atoms with Gasteiger partial charge in [0.05, 0.1) is 19.8 Å². The number of methoxy groups -OCH3 is 1. The number of aliphatic hydroxyl groups excluding tert-OH is 1. The van der Waals surface area contributed by atoms with Crippen molar-refractivity contribution in [2.24, 2.45) is 0 Å². The highest BCUT2D eigenvalue weighted by Crippen LogP contribution is 2.34. The van der Waals surface area contributed by atoms with Crippen molar-refractivity contribution in [1.29, 1.82) is 0 Å². The number of nitrogens with zero attached hydrogens (tertiary/aromatic N) is 1. The molecule has 1 atom stereocenters. The molecule has 0 saturated carbocycles. The van der Waals surface area contributed by atoms with E-state index in [1.807, 2.05) is 18.2 Å². The van der Waals surface area contributed by atoms with Gasteiger partial charge < -0.3 is 19.5 Å². The molecule has 100 valence electrons. The third-order valence-corrected chi connectivity index (χ3v) is 3.24. The van der Waals surface area contributed by atoms with Gasteiger partial charge in [-0.15, -0.1) is 0 Å². The molecule has 0 unspecified atom stereocenters. The fraction of sp³-hybridized carbons (Fsp3) is 0.571. The van der Waals surface area contributed by atoms with E-state index in [1.165, 1.54) is 0 Å². The van der Waals surface area contributed by atoms with Crippen LogP contribution in [0.2, 0.25) is 0 Å². The molecular formula is C14H21NO3. The summed E-state index contributed by atoms with van der Waals surface area (Å²) in [5.74, 6) is 0.743. The van der Waals surface area contributed by atoms with Crippen LogP contribution < -0.4 is 9.64 Å². The quantitative estimate of drug-likeness (QED) is 0.892. The molecular weight excluding hydrogens is 230 g/mol. The van der Waals surface area contributed by atoms with Gasteiger partial charge in [-0.3, -0.25) is 0 Å². The number of rotatable bonds is 3. The lowest BCUT2D eigenvalue weighted by Gasteiger charge is -2.27. The number of hydrogen-bond acceptors (Lipinski definition) is 4. The Kier molecular flexibility index (Phi) is 4.44. The predicted octanol–water partition coefficient (Wildman–Crippen LogP) is 1.98. The lowest BCUT2D eigenvalue weighted by Crippen LogP contribution is -2.27. The van der Waals surface area contributed by atoms with E-state index in [0.29, 0.717) is 0 Å². The first-order valence-electron chi connectivity index (χ1n) is 6.41. The molecule has 1 fully saturated rings. The largest absolute Gasteiger partial charge is 0.496 e. The first-order valence-corrected chi connectivity index (χ1v) is 6.41. The van der Waals surface area contributed by atoms with Crippen LogP contribution in [0.1, 0.15) is 25.0 Å². The summed E-state index contributed by atoms with van der Waals surface area (Å²) in [7, 11) is 1.64. The standard InChI is InChI=1S/C14H21NO3/c1-11(16)14-12(5-3-6-13(14)17-2)15-7-4-9-18-10-8-15/h3,5-6,11,16H,4,7-10H2,1-2H3/t11-/m1/s1. The minimum atomic E-state index is -0.541. The molecule has 1 aromatic rings. The zero-order chi connectivity index (χ0) is 13.0. The molecule has 1 aliphatic rings. The molecule has 4 heteroatoms. The molecule has 4 nitrogen and oxygen atoms in total. The summed E-state index contributed by atoms with van der Waals surface area (Å²) in [4.78, 5) is 2.26. The Morgan fingerprint density at radius 2 is 2.17 bits per heavy atom. The van der Waals surface area contributed by atoms with Crippen LogP contribution in [0.4, 0.5) is 5.69 Å². The van der Waals surface area contributed by atoms with Crippen LogP contribution >= 0.6 is 0 Å². The summed E-state index contributed by atoms with van der Waals surface area (Å²) >= 11 is 0. The molecule has 1 N–H and O–H groups in total. The van der Waals surface area contributed by atoms with Crippen molar-refractivity contribution in [3.63, 3.8) is 0 Å². The van der Waals surface area contributed by atoms with E-state index in [1.54, 1.807) is 14.0 Å². The Morgan fingerprint density at radius 1 is 1.33 bits per heavy atom. The molecule has 2 rings (SSSR count). The van der Waals surface area contributed by atoms with Gasteiger partial charge in [-0.05, 0) is 25.5 Å². The maximum absolute atomic E-state index is 9.98. The van der Waals surface area contributed by atoms with Crippen LogP contribution in [0, 0.1) is 0 Å². The zero-order valence-electron chi connectivity index (χ0n) is 11.1. The van der Waals surface area contributed by atoms with Crippen LogP contribution in [0.3, 0.4) is 0 Å². The summed E-state index contributed by atoms with van der Waals surface area (Å²) in [6.45, 7) is 5.12. The second-order valence-electron chi connectivity index (χ2n) is 4.52. The van der Waals surface area contributed by atoms with Crippen LogP contribution in [0.15, 0.2) is 18.2 Å². The summed E-state index contributed by atoms with van der Waals surface area (Å²) in [6, 6.07) is 5.89. The molecule has 1 aromatic carbocycles. The van der Waals surface area contributed by atoms with Crippen molar-refractivity contribution in [3.05, 3.63) is 23.8 Å². The predicted molar refractivity (Wildman–Crippen MR) is 71.3 cm³/mol. The smallest absolute Gasteiger partial charge is 0.126 e. The van der Waals surface area contributed by atoms with Gasteiger partial charge in [-0.2, -0.15) is 0 Å². The van der Waals surface area contributed by atoms with Gasteiger partial charge in [0.25, 0.3) is 0 Å². The summed E-state index contributed by atoms with van der Waals surface area (Å²) < 4.78 is 10.8. The molecule has 0 aromatic heterocycles. The van der Waals surface area contributed by atoms with Crippen molar-refractivity contribution in [1.82, 2.24) is 0 Å². The van der Waals surface area contributed by atoms with E-state index < -0.39 is 6.10 Å². The second kappa shape index (κ2) is 6.07. The first-order chi connectivity index (χ1) is 8.74. The van der Waals surface area contributed by atoms with Crippen LogP contribution in [-0.2, 0) is 4.74 Å². The molecule has 1 aliphatic heterocycles. The molecule has 0 amide bonds. The van der Waals surface area contributed by atoms with E-state index in [9.17, 15) is 5.11 Å². The lowest BCUT2D eigenvalue weighted by atomic mass is 10.1. The average Bonchev–Trinajstić information content (AvgIpc) is 2.66. The first kappa shape index (κ1) is 13.2. The van der Waals surface area contributed by atoms with Crippen molar-refractivity contribution >= 4 is 5.69 Å². The van der Waals surface area contributed by atoms with Gasteiger partial charge in [0.15, 0.2) is 0 Å². The highest BCUT2D eigenvalue weighted by molar-refractivity contribution is 5.60. The van der Waals surface area contributed by atoms with Crippen molar-refractivity contribution < 1.29 is 14.6 Å². The summed E-state index contributed by atoms with van der Waals surface area (Å²) in [5, 5.41) is 9.98. The maximum atomic E-state index is 9.98. The Labute approximate surface area is 108 Å². The van der Waals surface area contributed by atoms with Gasteiger partial charge in [-0.1, -0.05) is 6.07 Å². The van der Waals surface area contributed by atoms with E-state index in [0.717, 1.165) is 49.7 Å². The molecule has 1 saturated heterocycles. The maximum Gasteiger partial charge on any atom is 0.126 e. The topological polar surface area (TPSA) is 41.9 Å². The summed E-state index contributed by atoms with van der Waals surface area (Å²) in [5.41, 5.74) is 1.91. The molecule has 18 heavy (non-hydrogen) atoms. The minimum absolute atomic E-state index is 0.541. The van der Waals surface area contributed by atoms with Gasteiger partial charge >= 0.3 is 0 Å². The SMILES string of the molecule is COc1cccc(N2CCCOCC2)c1[C@@H](C)O. The van der Waals surface area contributed by atoms with E-state index in [-0.39, 0.29) is 0 Å². The van der Waals surface area contributed by atoms with E-state index in [4.69, 9.17) is 9.47 Å². The second-order valence-corrected chi connectivity index (χ2v) is 4.52. The fourth-order valence-corrected chi connectivity index (χ4v) is 2.39. The third kappa shape index (κ3) is 2.76. The van der Waals surface area contributed by atoms with Crippen molar-refractivity contribution in [2.45, 2.75) is 19.4 Å². The number of anilines is 1. The third-order valence-electron chi connectivity index (χ3n) is 3.24. The van der Waals surface area contributed by atoms with Crippen LogP contribution in [0.25, 0.3) is 0 Å². The average molecular weight is 251 g/mol. The van der Waals surface area contributed by atoms with E-state index in [2.05, 4.69) is 4.90 Å². The molecule has 0 aliphatic carbocycles. The van der Waals surface area contributed by atoms with Crippen LogP contribution in [0.5, 0.6) is 5.75 Å². The number of hydrogen-bond donors (Lipinski definition) is 1. The van der Waals surface area contributed by atoms with Gasteiger partial charge in [0.1, 0.15) is 5.75 Å². The molecule has 0 bridgehead atoms. The number of benzene rings is 1. The monoisotopic (exact) mass is 251 g/mol. The Balaban J connectivity index is 2.35. The molecule has 0 spiro atoms. The van der Waals surface area contributed by atoms with Crippen LogP contribution in [-0.4, -0.2) is 38.5 Å². The Bertz CT molecular complexity index is 385. The van der Waals surface area contributed by atoms with Crippen molar-refractivity contribution in [2.75, 3.05) is 38.3 Å². The Morgan fingerprint density at radius 3 is 2.89 bits per heavy atom. The lowest BCUT2D eigenvalue weighted by molar-refractivity contribution is 0.152. The number of aliphatic hydroxyl groups is 1. The van der Waals surface area contributed by atoms with Gasteiger partial charge in [-0.25, -0.2) is 0 Å². The summed E-state index contributed by atoms with van der Waals surface area (Å²) in [6.07, 6.45) is 0.469. The fourth-order valence-electron chi connectivity index (χ4n) is 2.39. The van der Waals surface area contributed by atoms with Gasteiger partial charge in [0.2, 0.25) is 0 Å². The molecule has 1 heterocycles. The Hall–Kier alpha value is -1.26. The zero-order valence-corrected chi connectivity index (χ0v) is 11.1. The highest BCUT2D eigenvalue weighted by atomic mass is 16.5. The van der Waals surface area contributed by atoms with Gasteiger partial charge in [0, 0.05) is 30.9 Å². The minimum Gasteiger partial charge on any atom is -0.496 e. The normalized spacial score (nSPS) is 18.3. The molecule has 0 radical (unpaired) electrons. The van der Waals surface area contributed by atoms with Crippen molar-refractivity contribution in [3.8, 4) is 5.75 Å². The van der Waals surface area contributed by atoms with E-state index >= 15 is 0 Å². The number of ether oxygens (including phenoxy) is 2.